The predicted molar refractivity (Wildman–Crippen MR) is 109 cm³/mol. The molecule has 5 heteroatoms. The number of Topliss-reactive ketones (excluding diaryl/α,β-unsaturated/α-hetero) is 1. The van der Waals surface area contributed by atoms with Crippen molar-refractivity contribution in [1.29, 1.82) is 0 Å². The smallest absolute Gasteiger partial charge is 0.364 e. The van der Waals surface area contributed by atoms with E-state index >= 15 is 0 Å². The lowest BCUT2D eigenvalue weighted by Crippen LogP contribution is -2.40. The van der Waals surface area contributed by atoms with E-state index in [1.165, 1.54) is 64.9 Å². The maximum absolute atomic E-state index is 12.3. The van der Waals surface area contributed by atoms with Crippen molar-refractivity contribution in [3.8, 4) is 0 Å². The molecule has 0 radical (unpaired) electrons. The Bertz CT molecular complexity index is 485. The summed E-state index contributed by atoms with van der Waals surface area (Å²) in [5, 5.41) is 18.8. The molecule has 2 aliphatic rings. The van der Waals surface area contributed by atoms with Crippen molar-refractivity contribution in [2.45, 2.75) is 109 Å². The van der Waals surface area contributed by atoms with Crippen LogP contribution in [0.2, 0.25) is 0 Å². The number of carbonyl (C=O) groups excluding carboxylic acids is 1. The standard InChI is InChI=1S/C23H40O5/c1-28-23(27,22(25)26)17-9-3-6-14-20-19(15-16-21(20)24)13-8-7-12-18-10-4-2-5-11-18/h18-20,27H,2-17H2,1H3,(H,25,26)/t19-,20+,23?/m0/s1. The van der Waals surface area contributed by atoms with Gasteiger partial charge in [-0.3, -0.25) is 4.79 Å². The van der Waals surface area contributed by atoms with Crippen LogP contribution in [-0.4, -0.2) is 34.9 Å². The number of hydrogen-bond donors (Lipinski definition) is 2. The molecule has 0 aromatic rings. The molecule has 0 aromatic heterocycles. The van der Waals surface area contributed by atoms with Crippen LogP contribution in [0.4, 0.5) is 0 Å². The van der Waals surface area contributed by atoms with Crippen molar-refractivity contribution in [1.82, 2.24) is 0 Å². The summed E-state index contributed by atoms with van der Waals surface area (Å²) in [5.41, 5.74) is 0. The number of rotatable bonds is 13. The zero-order valence-electron chi connectivity index (χ0n) is 17.7. The number of hydrogen-bond acceptors (Lipinski definition) is 4. The fourth-order valence-electron chi connectivity index (χ4n) is 5.24. The Morgan fingerprint density at radius 3 is 2.36 bits per heavy atom. The lowest BCUT2D eigenvalue weighted by atomic mass is 9.83. The third-order valence-corrected chi connectivity index (χ3v) is 7.11. The van der Waals surface area contributed by atoms with Gasteiger partial charge in [0, 0.05) is 25.9 Å². The van der Waals surface area contributed by atoms with Gasteiger partial charge in [-0.2, -0.15) is 0 Å². The number of carboxylic acids is 1. The molecule has 0 aromatic carbocycles. The van der Waals surface area contributed by atoms with Crippen LogP contribution in [0.15, 0.2) is 0 Å². The number of aliphatic carboxylic acids is 1. The number of unbranched alkanes of at least 4 members (excludes halogenated alkanes) is 3. The van der Waals surface area contributed by atoms with Crippen LogP contribution in [0.1, 0.15) is 103 Å². The minimum atomic E-state index is -2.08. The summed E-state index contributed by atoms with van der Waals surface area (Å²) < 4.78 is 4.71. The highest BCUT2D eigenvalue weighted by Crippen LogP contribution is 2.37. The van der Waals surface area contributed by atoms with E-state index in [2.05, 4.69) is 0 Å². The van der Waals surface area contributed by atoms with E-state index in [1.807, 2.05) is 0 Å². The van der Waals surface area contributed by atoms with Gasteiger partial charge in [-0.05, 0) is 37.5 Å². The Morgan fingerprint density at radius 2 is 1.68 bits per heavy atom. The predicted octanol–water partition coefficient (Wildman–Crippen LogP) is 5.09. The average Bonchev–Trinajstić information content (AvgIpc) is 3.05. The van der Waals surface area contributed by atoms with Gasteiger partial charge < -0.3 is 14.9 Å². The second-order valence-corrected chi connectivity index (χ2v) is 9.05. The monoisotopic (exact) mass is 396 g/mol. The van der Waals surface area contributed by atoms with Gasteiger partial charge in [-0.15, -0.1) is 0 Å². The molecule has 2 N–H and O–H groups in total. The molecule has 2 saturated carbocycles. The van der Waals surface area contributed by atoms with E-state index in [1.54, 1.807) is 0 Å². The van der Waals surface area contributed by atoms with Crippen molar-refractivity contribution in [2.24, 2.45) is 17.8 Å². The summed E-state index contributed by atoms with van der Waals surface area (Å²) in [6, 6.07) is 0. The molecule has 28 heavy (non-hydrogen) atoms. The molecule has 2 rings (SSSR count). The minimum absolute atomic E-state index is 0.0854. The molecule has 0 spiro atoms. The second-order valence-electron chi connectivity index (χ2n) is 9.05. The Morgan fingerprint density at radius 1 is 1.00 bits per heavy atom. The number of carbonyl (C=O) groups is 2. The maximum Gasteiger partial charge on any atom is 0.364 e. The molecule has 0 heterocycles. The molecule has 3 atom stereocenters. The summed E-state index contributed by atoms with van der Waals surface area (Å²) in [5.74, 6) is -1.29. The molecular weight excluding hydrogens is 356 g/mol. The van der Waals surface area contributed by atoms with Crippen molar-refractivity contribution in [2.75, 3.05) is 7.11 Å². The second kappa shape index (κ2) is 11.9. The first-order chi connectivity index (χ1) is 13.5. The van der Waals surface area contributed by atoms with Gasteiger partial charge in [-0.25, -0.2) is 4.79 Å². The Kier molecular flexibility index (Phi) is 9.93. The topological polar surface area (TPSA) is 83.8 Å². The van der Waals surface area contributed by atoms with E-state index in [0.717, 1.165) is 38.0 Å². The molecular formula is C23H40O5. The van der Waals surface area contributed by atoms with E-state index < -0.39 is 11.8 Å². The van der Waals surface area contributed by atoms with Crippen molar-refractivity contribution >= 4 is 11.8 Å². The highest BCUT2D eigenvalue weighted by molar-refractivity contribution is 5.83. The molecule has 1 unspecified atom stereocenters. The molecule has 0 amide bonds. The fraction of sp³-hybridized carbons (Fsp3) is 0.913. The Labute approximate surface area is 170 Å². The summed E-state index contributed by atoms with van der Waals surface area (Å²) in [4.78, 5) is 23.3. The first-order valence-electron chi connectivity index (χ1n) is 11.5. The van der Waals surface area contributed by atoms with E-state index in [4.69, 9.17) is 9.84 Å². The molecule has 2 aliphatic carbocycles. The van der Waals surface area contributed by atoms with Gasteiger partial charge in [0.15, 0.2) is 0 Å². The highest BCUT2D eigenvalue weighted by Gasteiger charge is 2.36. The van der Waals surface area contributed by atoms with Gasteiger partial charge in [0.2, 0.25) is 0 Å². The first-order valence-corrected chi connectivity index (χ1v) is 11.5. The van der Waals surface area contributed by atoms with Crippen LogP contribution in [0, 0.1) is 17.8 Å². The number of ketones is 1. The largest absolute Gasteiger partial charge is 0.477 e. The lowest BCUT2D eigenvalue weighted by Gasteiger charge is -2.22. The highest BCUT2D eigenvalue weighted by atomic mass is 16.6. The zero-order chi connectivity index (χ0) is 20.4. The van der Waals surface area contributed by atoms with Crippen molar-refractivity contribution < 1.29 is 24.5 Å². The quantitative estimate of drug-likeness (QED) is 0.334. The summed E-state index contributed by atoms with van der Waals surface area (Å²) >= 11 is 0. The molecule has 0 saturated heterocycles. The minimum Gasteiger partial charge on any atom is -0.477 e. The van der Waals surface area contributed by atoms with Gasteiger partial charge in [-0.1, -0.05) is 64.2 Å². The van der Waals surface area contributed by atoms with Gasteiger partial charge in [0.05, 0.1) is 0 Å². The third kappa shape index (κ3) is 7.14. The van der Waals surface area contributed by atoms with E-state index in [-0.39, 0.29) is 12.3 Å². The number of aliphatic hydroxyl groups is 1. The van der Waals surface area contributed by atoms with E-state index in [0.29, 0.717) is 18.1 Å². The Balaban J connectivity index is 1.61. The van der Waals surface area contributed by atoms with Gasteiger partial charge in [0.25, 0.3) is 5.79 Å². The van der Waals surface area contributed by atoms with Crippen molar-refractivity contribution in [3.05, 3.63) is 0 Å². The molecule has 2 fully saturated rings. The molecule has 0 aliphatic heterocycles. The zero-order valence-corrected chi connectivity index (χ0v) is 17.7. The molecule has 5 nitrogen and oxygen atoms in total. The van der Waals surface area contributed by atoms with Crippen LogP contribution < -0.4 is 0 Å². The average molecular weight is 397 g/mol. The van der Waals surface area contributed by atoms with Gasteiger partial charge >= 0.3 is 5.97 Å². The number of ether oxygens (including phenoxy) is 1. The third-order valence-electron chi connectivity index (χ3n) is 7.11. The maximum atomic E-state index is 12.3. The number of methoxy groups -OCH3 is 1. The van der Waals surface area contributed by atoms with Crippen LogP contribution in [0.5, 0.6) is 0 Å². The number of carboxylic acid groups (broad SMARTS) is 1. The summed E-state index contributed by atoms with van der Waals surface area (Å²) in [6.07, 6.45) is 17.3. The SMILES string of the molecule is COC(O)(CCCCC[C@H]1C(=O)CC[C@@H]1CCCCC1CCCCC1)C(=O)O. The molecule has 0 bridgehead atoms. The Hall–Kier alpha value is -0.940. The summed E-state index contributed by atoms with van der Waals surface area (Å²) in [6.45, 7) is 0. The van der Waals surface area contributed by atoms with Gasteiger partial charge in [0.1, 0.15) is 5.78 Å². The first kappa shape index (κ1) is 23.3. The normalized spacial score (nSPS) is 25.7. The van der Waals surface area contributed by atoms with Crippen LogP contribution in [0.25, 0.3) is 0 Å². The summed E-state index contributed by atoms with van der Waals surface area (Å²) in [7, 11) is 1.21. The molecule has 162 valence electrons. The fourth-order valence-corrected chi connectivity index (χ4v) is 5.24. The van der Waals surface area contributed by atoms with Crippen LogP contribution in [0.3, 0.4) is 0 Å². The van der Waals surface area contributed by atoms with Crippen molar-refractivity contribution in [3.63, 3.8) is 0 Å². The van der Waals surface area contributed by atoms with E-state index in [9.17, 15) is 14.7 Å². The lowest BCUT2D eigenvalue weighted by molar-refractivity contribution is -0.216. The van der Waals surface area contributed by atoms with Crippen LogP contribution >= 0.6 is 0 Å². The van der Waals surface area contributed by atoms with Crippen LogP contribution in [-0.2, 0) is 14.3 Å².